The summed E-state index contributed by atoms with van der Waals surface area (Å²) in [6.07, 6.45) is 4.42. The molecule has 1 aromatic carbocycles. The number of hydrogen-bond donors (Lipinski definition) is 3. The standard InChI is InChI=1S/C22H27ClN6O3/c1-28(13-18(31)14-30)12-15-6-8-16(9-7-15)22(32)27-29(17-4-2-3-5-17)21-19(23)11-25-20(10-24)26-21/h6-9,11,17-18,30-31H,2-5,12-14H2,1H3,(H,27,32). The average molecular weight is 459 g/mol. The molecule has 1 saturated carbocycles. The molecule has 0 saturated heterocycles. The first-order valence-electron chi connectivity index (χ1n) is 10.5. The van der Waals surface area contributed by atoms with Gasteiger partial charge in [-0.05, 0) is 37.6 Å². The second kappa shape index (κ2) is 11.2. The van der Waals surface area contributed by atoms with Crippen LogP contribution in [0, 0.1) is 11.3 Å². The number of hydrazine groups is 1. The van der Waals surface area contributed by atoms with E-state index in [0.717, 1.165) is 31.2 Å². The van der Waals surface area contributed by atoms with Gasteiger partial charge >= 0.3 is 0 Å². The lowest BCUT2D eigenvalue weighted by Gasteiger charge is -2.30. The molecule has 9 nitrogen and oxygen atoms in total. The van der Waals surface area contributed by atoms with Gasteiger partial charge in [0.15, 0.2) is 5.82 Å². The van der Waals surface area contributed by atoms with E-state index in [1.54, 1.807) is 17.1 Å². The molecule has 1 atom stereocenters. The van der Waals surface area contributed by atoms with Crippen LogP contribution in [-0.4, -0.2) is 63.3 Å². The molecule has 0 aliphatic heterocycles. The van der Waals surface area contributed by atoms with Gasteiger partial charge in [0.05, 0.1) is 24.9 Å². The first-order chi connectivity index (χ1) is 15.4. The molecule has 0 spiro atoms. The highest BCUT2D eigenvalue weighted by Crippen LogP contribution is 2.30. The van der Waals surface area contributed by atoms with Crippen LogP contribution in [0.2, 0.25) is 5.02 Å². The number of likely N-dealkylation sites (N-methyl/N-ethyl adjacent to an activating group) is 1. The van der Waals surface area contributed by atoms with Crippen molar-refractivity contribution in [3.8, 4) is 6.07 Å². The minimum atomic E-state index is -0.790. The lowest BCUT2D eigenvalue weighted by molar-refractivity contribution is 0.0648. The molecule has 1 aliphatic carbocycles. The summed E-state index contributed by atoms with van der Waals surface area (Å²) in [5.41, 5.74) is 4.36. The Labute approximate surface area is 192 Å². The van der Waals surface area contributed by atoms with Crippen LogP contribution in [0.15, 0.2) is 30.5 Å². The van der Waals surface area contributed by atoms with Crippen LogP contribution in [0.4, 0.5) is 5.82 Å². The van der Waals surface area contributed by atoms with Crippen molar-refractivity contribution in [3.63, 3.8) is 0 Å². The summed E-state index contributed by atoms with van der Waals surface area (Å²) in [5.74, 6) is 0.00119. The number of nitrogens with one attached hydrogen (secondary N) is 1. The number of aliphatic hydroxyl groups excluding tert-OH is 2. The molecule has 0 radical (unpaired) electrons. The van der Waals surface area contributed by atoms with Crippen molar-refractivity contribution in [3.05, 3.63) is 52.4 Å². The van der Waals surface area contributed by atoms with Crippen LogP contribution in [0.25, 0.3) is 0 Å². The summed E-state index contributed by atoms with van der Waals surface area (Å²) in [4.78, 5) is 23.0. The van der Waals surface area contributed by atoms with E-state index in [2.05, 4.69) is 15.4 Å². The highest BCUT2D eigenvalue weighted by atomic mass is 35.5. The third kappa shape index (κ3) is 6.14. The summed E-state index contributed by atoms with van der Waals surface area (Å²) >= 11 is 6.31. The maximum Gasteiger partial charge on any atom is 0.269 e. The summed E-state index contributed by atoms with van der Waals surface area (Å²) < 4.78 is 0. The molecular weight excluding hydrogens is 432 g/mol. The van der Waals surface area contributed by atoms with Crippen molar-refractivity contribution in [2.24, 2.45) is 0 Å². The first kappa shape index (κ1) is 23.9. The highest BCUT2D eigenvalue weighted by Gasteiger charge is 2.28. The van der Waals surface area contributed by atoms with Gasteiger partial charge in [-0.15, -0.1) is 0 Å². The number of hydrogen-bond acceptors (Lipinski definition) is 8. The van der Waals surface area contributed by atoms with Gasteiger partial charge in [0.1, 0.15) is 11.1 Å². The molecule has 2 aromatic rings. The predicted molar refractivity (Wildman–Crippen MR) is 120 cm³/mol. The Morgan fingerprint density at radius 3 is 2.66 bits per heavy atom. The molecule has 1 unspecified atom stereocenters. The molecule has 3 rings (SSSR count). The van der Waals surface area contributed by atoms with Crippen molar-refractivity contribution in [1.29, 1.82) is 5.26 Å². The molecule has 1 aromatic heterocycles. The molecule has 32 heavy (non-hydrogen) atoms. The number of rotatable bonds is 9. The maximum atomic E-state index is 13.0. The Hall–Kier alpha value is -2.77. The molecule has 1 amide bonds. The molecule has 3 N–H and O–H groups in total. The Kier molecular flexibility index (Phi) is 8.36. The van der Waals surface area contributed by atoms with Crippen molar-refractivity contribution < 1.29 is 15.0 Å². The number of nitriles is 1. The van der Waals surface area contributed by atoms with Gasteiger partial charge in [0.25, 0.3) is 5.91 Å². The number of carbonyl (C=O) groups is 1. The Balaban J connectivity index is 1.73. The molecule has 1 heterocycles. The third-order valence-electron chi connectivity index (χ3n) is 5.37. The Bertz CT molecular complexity index is 959. The number of anilines is 1. The second-order valence-corrected chi connectivity index (χ2v) is 8.36. The van der Waals surface area contributed by atoms with E-state index in [0.29, 0.717) is 24.5 Å². The van der Waals surface area contributed by atoms with Crippen LogP contribution in [0.3, 0.4) is 0 Å². The van der Waals surface area contributed by atoms with E-state index in [9.17, 15) is 9.90 Å². The zero-order valence-corrected chi connectivity index (χ0v) is 18.7. The largest absolute Gasteiger partial charge is 0.394 e. The van der Waals surface area contributed by atoms with Gasteiger partial charge in [-0.3, -0.25) is 20.1 Å². The maximum absolute atomic E-state index is 13.0. The van der Waals surface area contributed by atoms with E-state index < -0.39 is 6.10 Å². The van der Waals surface area contributed by atoms with Crippen LogP contribution >= 0.6 is 11.6 Å². The van der Waals surface area contributed by atoms with Crippen molar-refractivity contribution in [1.82, 2.24) is 20.3 Å². The van der Waals surface area contributed by atoms with Gasteiger partial charge in [-0.2, -0.15) is 10.2 Å². The zero-order chi connectivity index (χ0) is 23.1. The topological polar surface area (TPSA) is 126 Å². The van der Waals surface area contributed by atoms with Crippen molar-refractivity contribution in [2.75, 3.05) is 25.2 Å². The van der Waals surface area contributed by atoms with Crippen LogP contribution in [0.1, 0.15) is 47.4 Å². The number of benzene rings is 1. The summed E-state index contributed by atoms with van der Waals surface area (Å²) in [7, 11) is 1.85. The van der Waals surface area contributed by atoms with Crippen molar-refractivity contribution >= 4 is 23.3 Å². The fourth-order valence-corrected chi connectivity index (χ4v) is 3.97. The predicted octanol–water partition coefficient (Wildman–Crippen LogP) is 1.88. The molecular formula is C22H27ClN6O3. The van der Waals surface area contributed by atoms with Gasteiger partial charge in [-0.25, -0.2) is 4.98 Å². The van der Waals surface area contributed by atoms with Crippen LogP contribution in [-0.2, 0) is 6.54 Å². The Morgan fingerprint density at radius 1 is 1.34 bits per heavy atom. The lowest BCUT2D eigenvalue weighted by Crippen LogP contribution is -2.48. The van der Waals surface area contributed by atoms with E-state index in [1.807, 2.05) is 30.1 Å². The second-order valence-electron chi connectivity index (χ2n) is 7.96. The third-order valence-corrected chi connectivity index (χ3v) is 5.63. The van der Waals surface area contributed by atoms with E-state index >= 15 is 0 Å². The fourth-order valence-electron chi connectivity index (χ4n) is 3.79. The zero-order valence-electron chi connectivity index (χ0n) is 17.9. The Morgan fingerprint density at radius 2 is 2.03 bits per heavy atom. The summed E-state index contributed by atoms with van der Waals surface area (Å²) in [6.45, 7) is 0.632. The lowest BCUT2D eigenvalue weighted by atomic mass is 10.1. The quantitative estimate of drug-likeness (QED) is 0.486. The van der Waals surface area contributed by atoms with Gasteiger partial charge in [0, 0.05) is 18.7 Å². The van der Waals surface area contributed by atoms with E-state index in [4.69, 9.17) is 22.0 Å². The van der Waals surface area contributed by atoms with Gasteiger partial charge in [0.2, 0.25) is 5.82 Å². The number of halogens is 1. The number of aromatic nitrogens is 2. The summed E-state index contributed by atoms with van der Waals surface area (Å²) in [5, 5.41) is 29.6. The van der Waals surface area contributed by atoms with E-state index in [-0.39, 0.29) is 29.4 Å². The molecule has 170 valence electrons. The summed E-state index contributed by atoms with van der Waals surface area (Å²) in [6, 6.07) is 9.10. The van der Waals surface area contributed by atoms with E-state index in [1.165, 1.54) is 6.20 Å². The minimum absolute atomic E-state index is 0.0126. The molecule has 10 heteroatoms. The molecule has 1 fully saturated rings. The smallest absolute Gasteiger partial charge is 0.269 e. The van der Waals surface area contributed by atoms with Gasteiger partial charge in [-0.1, -0.05) is 36.6 Å². The number of amides is 1. The number of carbonyl (C=O) groups excluding carboxylic acids is 1. The molecule has 1 aliphatic rings. The highest BCUT2D eigenvalue weighted by molar-refractivity contribution is 6.32. The SMILES string of the molecule is CN(Cc1ccc(C(=O)NN(c2nc(C#N)ncc2Cl)C2CCCC2)cc1)CC(O)CO. The average Bonchev–Trinajstić information content (AvgIpc) is 3.33. The number of nitrogens with zero attached hydrogens (tertiary/aromatic N) is 5. The van der Waals surface area contributed by atoms with Crippen LogP contribution in [0.5, 0.6) is 0 Å². The monoisotopic (exact) mass is 458 g/mol. The van der Waals surface area contributed by atoms with Crippen molar-refractivity contribution in [2.45, 2.75) is 44.4 Å². The molecule has 0 bridgehead atoms. The number of aliphatic hydroxyl groups is 2. The van der Waals surface area contributed by atoms with Crippen LogP contribution < -0.4 is 10.4 Å². The fraction of sp³-hybridized carbons (Fsp3) is 0.455. The normalized spacial score (nSPS) is 14.9. The van der Waals surface area contributed by atoms with Gasteiger partial charge < -0.3 is 10.2 Å². The minimum Gasteiger partial charge on any atom is -0.394 e. The first-order valence-corrected chi connectivity index (χ1v) is 10.9.